The number of nitriles is 1. The quantitative estimate of drug-likeness (QED) is 0.890. The summed E-state index contributed by atoms with van der Waals surface area (Å²) in [6, 6.07) is 5.36. The van der Waals surface area contributed by atoms with Crippen LogP contribution in [0.1, 0.15) is 54.8 Å². The molecule has 5 heteroatoms. The van der Waals surface area contributed by atoms with E-state index in [1.54, 1.807) is 12.3 Å². The van der Waals surface area contributed by atoms with Crippen molar-refractivity contribution in [3.05, 3.63) is 45.5 Å². The first-order chi connectivity index (χ1) is 11.1. The van der Waals surface area contributed by atoms with Gasteiger partial charge in [0.05, 0.1) is 0 Å². The highest BCUT2D eigenvalue weighted by Gasteiger charge is 2.24. The van der Waals surface area contributed by atoms with Gasteiger partial charge in [0.2, 0.25) is 5.56 Å². The van der Waals surface area contributed by atoms with Gasteiger partial charge in [0, 0.05) is 29.4 Å². The van der Waals surface area contributed by atoms with Crippen LogP contribution in [0.2, 0.25) is 0 Å². The first-order valence-corrected chi connectivity index (χ1v) is 8.01. The van der Waals surface area contributed by atoms with Crippen LogP contribution < -0.4 is 11.3 Å². The van der Waals surface area contributed by atoms with Crippen molar-refractivity contribution in [2.45, 2.75) is 44.9 Å². The highest BCUT2D eigenvalue weighted by Crippen LogP contribution is 2.38. The van der Waals surface area contributed by atoms with Crippen molar-refractivity contribution in [1.82, 2.24) is 9.97 Å². The molecular weight excluding hydrogens is 288 g/mol. The van der Waals surface area contributed by atoms with Crippen molar-refractivity contribution in [2.75, 3.05) is 5.73 Å². The summed E-state index contributed by atoms with van der Waals surface area (Å²) >= 11 is 0. The minimum Gasteiger partial charge on any atom is -0.383 e. The third kappa shape index (κ3) is 2.85. The largest absolute Gasteiger partial charge is 0.383 e. The summed E-state index contributed by atoms with van der Waals surface area (Å²) in [7, 11) is 0. The molecule has 0 amide bonds. The van der Waals surface area contributed by atoms with Crippen molar-refractivity contribution in [2.24, 2.45) is 0 Å². The van der Waals surface area contributed by atoms with Gasteiger partial charge in [-0.2, -0.15) is 5.26 Å². The molecule has 1 saturated carbocycles. The molecule has 0 radical (unpaired) electrons. The Morgan fingerprint density at radius 2 is 2.04 bits per heavy atom. The molecule has 1 aliphatic rings. The molecular formula is C18H20N4O. The molecule has 1 aliphatic carbocycles. The first-order valence-electron chi connectivity index (χ1n) is 8.01. The standard InChI is InChI=1S/C18H20N4O/c1-11-16(13-7-8-15(23)21-10-13)14(9-19)18(20)22-17(11)12-5-3-2-4-6-12/h7-8,10,12H,2-6H2,1H3,(H2,20,22)(H,21,23). The van der Waals surface area contributed by atoms with Crippen LogP contribution in [-0.2, 0) is 0 Å². The van der Waals surface area contributed by atoms with Crippen LogP contribution in [0.15, 0.2) is 23.1 Å². The predicted octanol–water partition coefficient (Wildman–Crippen LogP) is 3.25. The maximum absolute atomic E-state index is 11.3. The summed E-state index contributed by atoms with van der Waals surface area (Å²) in [5.74, 6) is 0.681. The van der Waals surface area contributed by atoms with E-state index in [2.05, 4.69) is 16.0 Å². The van der Waals surface area contributed by atoms with Crippen molar-refractivity contribution < 1.29 is 0 Å². The molecule has 3 N–H and O–H groups in total. The molecule has 0 aromatic carbocycles. The van der Waals surface area contributed by atoms with Gasteiger partial charge in [-0.3, -0.25) is 4.79 Å². The van der Waals surface area contributed by atoms with E-state index < -0.39 is 0 Å². The average Bonchev–Trinajstić information content (AvgIpc) is 2.58. The minimum absolute atomic E-state index is 0.167. The Balaban J connectivity index is 2.20. The lowest BCUT2D eigenvalue weighted by atomic mass is 9.83. The number of nitrogens with one attached hydrogen (secondary N) is 1. The van der Waals surface area contributed by atoms with Gasteiger partial charge < -0.3 is 10.7 Å². The zero-order chi connectivity index (χ0) is 16.4. The molecule has 5 nitrogen and oxygen atoms in total. The van der Waals surface area contributed by atoms with E-state index in [0.717, 1.165) is 35.2 Å². The van der Waals surface area contributed by atoms with Crippen molar-refractivity contribution >= 4 is 5.82 Å². The number of pyridine rings is 2. The zero-order valence-corrected chi connectivity index (χ0v) is 13.2. The van der Waals surface area contributed by atoms with E-state index in [1.807, 2.05) is 6.92 Å². The molecule has 3 rings (SSSR count). The molecule has 0 spiro atoms. The molecule has 2 heterocycles. The highest BCUT2D eigenvalue weighted by molar-refractivity contribution is 5.78. The Morgan fingerprint density at radius 3 is 2.65 bits per heavy atom. The fourth-order valence-electron chi connectivity index (χ4n) is 3.53. The van der Waals surface area contributed by atoms with Crippen LogP contribution in [0.25, 0.3) is 11.1 Å². The fourth-order valence-corrected chi connectivity index (χ4v) is 3.53. The molecule has 0 saturated heterocycles. The zero-order valence-electron chi connectivity index (χ0n) is 13.2. The molecule has 118 valence electrons. The molecule has 2 aromatic heterocycles. The Hall–Kier alpha value is -2.61. The van der Waals surface area contributed by atoms with E-state index in [1.165, 1.54) is 25.3 Å². The number of nitrogens with zero attached hydrogens (tertiary/aromatic N) is 2. The van der Waals surface area contributed by atoms with Crippen molar-refractivity contribution in [3.8, 4) is 17.2 Å². The van der Waals surface area contributed by atoms with Crippen LogP contribution in [0.4, 0.5) is 5.82 Å². The van der Waals surface area contributed by atoms with E-state index in [9.17, 15) is 10.1 Å². The van der Waals surface area contributed by atoms with Crippen LogP contribution in [-0.4, -0.2) is 9.97 Å². The molecule has 23 heavy (non-hydrogen) atoms. The number of anilines is 1. The molecule has 0 unspecified atom stereocenters. The lowest BCUT2D eigenvalue weighted by Crippen LogP contribution is -2.13. The third-order valence-corrected chi connectivity index (χ3v) is 4.68. The second-order valence-electron chi connectivity index (χ2n) is 6.15. The summed E-state index contributed by atoms with van der Waals surface area (Å²) in [4.78, 5) is 18.5. The number of nitrogen functional groups attached to an aromatic ring is 1. The topological polar surface area (TPSA) is 95.6 Å². The summed E-state index contributed by atoms with van der Waals surface area (Å²) in [6.07, 6.45) is 7.55. The number of nitrogens with two attached hydrogens (primary N) is 1. The molecule has 0 atom stereocenters. The maximum Gasteiger partial charge on any atom is 0.247 e. The number of aromatic nitrogens is 2. The Bertz CT molecular complexity index is 806. The number of rotatable bonds is 2. The summed E-state index contributed by atoms with van der Waals surface area (Å²) in [5.41, 5.74) is 9.87. The van der Waals surface area contributed by atoms with E-state index in [-0.39, 0.29) is 11.4 Å². The van der Waals surface area contributed by atoms with Gasteiger partial charge in [-0.25, -0.2) is 4.98 Å². The van der Waals surface area contributed by atoms with Gasteiger partial charge in [0.25, 0.3) is 0 Å². The second kappa shape index (κ2) is 6.25. The number of aromatic amines is 1. The SMILES string of the molecule is Cc1c(C2CCCCC2)nc(N)c(C#N)c1-c1ccc(=O)[nH]c1. The van der Waals surface area contributed by atoms with Gasteiger partial charge in [0.15, 0.2) is 0 Å². The summed E-state index contributed by atoms with van der Waals surface area (Å²) in [6.45, 7) is 2.00. The lowest BCUT2D eigenvalue weighted by molar-refractivity contribution is 0.435. The number of hydrogen-bond donors (Lipinski definition) is 2. The van der Waals surface area contributed by atoms with Gasteiger partial charge >= 0.3 is 0 Å². The van der Waals surface area contributed by atoms with Crippen LogP contribution >= 0.6 is 0 Å². The number of hydrogen-bond acceptors (Lipinski definition) is 4. The van der Waals surface area contributed by atoms with Gasteiger partial charge in [0.1, 0.15) is 17.5 Å². The van der Waals surface area contributed by atoms with Gasteiger partial charge in [-0.1, -0.05) is 19.3 Å². The lowest BCUT2D eigenvalue weighted by Gasteiger charge is -2.24. The first kappa shape index (κ1) is 15.3. The monoisotopic (exact) mass is 308 g/mol. The average molecular weight is 308 g/mol. The number of H-pyrrole nitrogens is 1. The van der Waals surface area contributed by atoms with E-state index in [0.29, 0.717) is 11.5 Å². The summed E-state index contributed by atoms with van der Waals surface area (Å²) in [5, 5.41) is 9.50. The smallest absolute Gasteiger partial charge is 0.247 e. The molecule has 0 aliphatic heterocycles. The predicted molar refractivity (Wildman–Crippen MR) is 90.0 cm³/mol. The van der Waals surface area contributed by atoms with Gasteiger partial charge in [-0.15, -0.1) is 0 Å². The normalized spacial score (nSPS) is 15.3. The molecule has 2 aromatic rings. The van der Waals surface area contributed by atoms with Crippen molar-refractivity contribution in [3.63, 3.8) is 0 Å². The maximum atomic E-state index is 11.3. The minimum atomic E-state index is -0.167. The summed E-state index contributed by atoms with van der Waals surface area (Å²) < 4.78 is 0. The second-order valence-corrected chi connectivity index (χ2v) is 6.15. The van der Waals surface area contributed by atoms with Crippen molar-refractivity contribution in [1.29, 1.82) is 5.26 Å². The Kier molecular flexibility index (Phi) is 4.16. The van der Waals surface area contributed by atoms with Crippen LogP contribution in [0.5, 0.6) is 0 Å². The van der Waals surface area contributed by atoms with Crippen LogP contribution in [0, 0.1) is 18.3 Å². The Morgan fingerprint density at radius 1 is 1.30 bits per heavy atom. The molecule has 0 bridgehead atoms. The highest BCUT2D eigenvalue weighted by atomic mass is 16.1. The van der Waals surface area contributed by atoms with Crippen LogP contribution in [0.3, 0.4) is 0 Å². The fraction of sp³-hybridized carbons (Fsp3) is 0.389. The Labute approximate surface area is 135 Å². The third-order valence-electron chi connectivity index (χ3n) is 4.68. The van der Waals surface area contributed by atoms with E-state index >= 15 is 0 Å². The molecule has 1 fully saturated rings. The van der Waals surface area contributed by atoms with Gasteiger partial charge in [-0.05, 0) is 37.0 Å². The van der Waals surface area contributed by atoms with E-state index in [4.69, 9.17) is 5.73 Å².